The smallest absolute Gasteiger partial charge is 0.332 e. The highest BCUT2D eigenvalue weighted by Gasteiger charge is 2.34. The number of nitrogens with one attached hydrogen (secondary N) is 1. The zero-order valence-electron chi connectivity index (χ0n) is 15.0. The van der Waals surface area contributed by atoms with Gasteiger partial charge < -0.3 is 15.2 Å². The van der Waals surface area contributed by atoms with E-state index in [-0.39, 0.29) is 17.3 Å². The monoisotopic (exact) mass is 396 g/mol. The largest absolute Gasteiger partial charge is 0.479 e. The number of sulfonamides is 1. The molecule has 1 amide bonds. The Bertz CT molecular complexity index is 804. The van der Waals surface area contributed by atoms with E-state index in [9.17, 15) is 18.0 Å². The minimum absolute atomic E-state index is 0.153. The molecule has 1 aromatic rings. The molecular weight excluding hydrogens is 372 g/mol. The van der Waals surface area contributed by atoms with Crippen LogP contribution in [0.1, 0.15) is 37.7 Å². The van der Waals surface area contributed by atoms with Crippen LogP contribution < -0.4 is 5.32 Å². The average Bonchev–Trinajstić information content (AvgIpc) is 3.18. The number of nitrogens with zero attached hydrogens (tertiary/aromatic N) is 1. The predicted molar refractivity (Wildman–Crippen MR) is 96.4 cm³/mol. The minimum Gasteiger partial charge on any atom is -0.479 e. The lowest BCUT2D eigenvalue weighted by molar-refractivity contribution is -0.151. The predicted octanol–water partition coefficient (Wildman–Crippen LogP) is 1.11. The Kier molecular flexibility index (Phi) is 6.13. The van der Waals surface area contributed by atoms with Crippen molar-refractivity contribution in [1.29, 1.82) is 0 Å². The summed E-state index contributed by atoms with van der Waals surface area (Å²) in [6.45, 7) is 1.22. The summed E-state index contributed by atoms with van der Waals surface area (Å²) in [6.07, 6.45) is 1.71. The van der Waals surface area contributed by atoms with E-state index in [0.29, 0.717) is 31.5 Å². The molecule has 2 N–H and O–H groups in total. The zero-order valence-corrected chi connectivity index (χ0v) is 15.8. The molecule has 8 nitrogen and oxygen atoms in total. The Hall–Kier alpha value is -1.97. The van der Waals surface area contributed by atoms with E-state index >= 15 is 0 Å². The van der Waals surface area contributed by atoms with Gasteiger partial charge in [0.05, 0.1) is 4.90 Å². The first-order valence-electron chi connectivity index (χ1n) is 9.13. The third-order valence-corrected chi connectivity index (χ3v) is 6.80. The molecule has 0 aromatic heterocycles. The highest BCUT2D eigenvalue weighted by molar-refractivity contribution is 7.89. The van der Waals surface area contributed by atoms with E-state index in [0.717, 1.165) is 19.3 Å². The van der Waals surface area contributed by atoms with Crippen LogP contribution in [0, 0.1) is 0 Å². The lowest BCUT2D eigenvalue weighted by atomic mass is 10.2. The van der Waals surface area contributed by atoms with Gasteiger partial charge in [-0.15, -0.1) is 0 Å². The maximum atomic E-state index is 12.7. The molecule has 27 heavy (non-hydrogen) atoms. The number of benzene rings is 1. The summed E-state index contributed by atoms with van der Waals surface area (Å²) in [5.41, 5.74) is 0.661. The van der Waals surface area contributed by atoms with Gasteiger partial charge in [-0.3, -0.25) is 4.79 Å². The molecule has 0 bridgehead atoms. The van der Waals surface area contributed by atoms with Gasteiger partial charge in [0.2, 0.25) is 15.9 Å². The van der Waals surface area contributed by atoms with Gasteiger partial charge in [-0.1, -0.05) is 18.6 Å². The molecule has 2 saturated heterocycles. The number of amides is 1. The van der Waals surface area contributed by atoms with Crippen molar-refractivity contribution in [2.24, 2.45) is 0 Å². The number of carbonyl (C=O) groups excluding carboxylic acids is 1. The Labute approximate surface area is 158 Å². The molecule has 148 valence electrons. The van der Waals surface area contributed by atoms with Crippen molar-refractivity contribution in [2.75, 3.05) is 13.1 Å². The number of hydrogen-bond donors (Lipinski definition) is 2. The molecule has 2 aliphatic heterocycles. The summed E-state index contributed by atoms with van der Waals surface area (Å²) in [7, 11) is -3.52. The van der Waals surface area contributed by atoms with Crippen LogP contribution in [0.3, 0.4) is 0 Å². The van der Waals surface area contributed by atoms with Crippen molar-refractivity contribution in [2.45, 2.75) is 55.8 Å². The maximum Gasteiger partial charge on any atom is 0.332 e. The first kappa shape index (κ1) is 19.8. The highest BCUT2D eigenvalue weighted by atomic mass is 32.2. The molecule has 0 unspecified atom stereocenters. The lowest BCUT2D eigenvalue weighted by Crippen LogP contribution is -2.36. The zero-order chi connectivity index (χ0) is 19.4. The van der Waals surface area contributed by atoms with Gasteiger partial charge in [-0.25, -0.2) is 13.2 Å². The second-order valence-corrected chi connectivity index (χ2v) is 8.80. The number of aliphatic carboxylic acids is 1. The lowest BCUT2D eigenvalue weighted by Gasteiger charge is -2.26. The number of rotatable bonds is 6. The molecular formula is C18H24N2O6S. The third-order valence-electron chi connectivity index (χ3n) is 4.91. The molecule has 2 heterocycles. The molecule has 2 fully saturated rings. The first-order chi connectivity index (χ1) is 12.9. The van der Waals surface area contributed by atoms with E-state index < -0.39 is 28.2 Å². The van der Waals surface area contributed by atoms with Crippen LogP contribution in [0.4, 0.5) is 0 Å². The summed E-state index contributed by atoms with van der Waals surface area (Å²) in [4.78, 5) is 23.3. The standard InChI is InChI=1S/C18H24N2O6S/c21-17(15-7-8-16(26-15)18(22)23)19-12-13-5-4-6-14(11-13)27(24,25)20-9-2-1-3-10-20/h4-6,11,15-16H,1-3,7-10,12H2,(H,19,21)(H,22,23)/t15-,16+/m0/s1. The molecule has 0 spiro atoms. The number of carboxylic acid groups (broad SMARTS) is 1. The van der Waals surface area contributed by atoms with Gasteiger partial charge >= 0.3 is 5.97 Å². The summed E-state index contributed by atoms with van der Waals surface area (Å²) in [5, 5.41) is 11.6. The third kappa shape index (κ3) is 4.66. The van der Waals surface area contributed by atoms with Crippen molar-refractivity contribution in [3.63, 3.8) is 0 Å². The Morgan fingerprint density at radius 3 is 2.52 bits per heavy atom. The van der Waals surface area contributed by atoms with E-state index in [1.165, 1.54) is 4.31 Å². The number of carbonyl (C=O) groups is 2. The van der Waals surface area contributed by atoms with Crippen LogP contribution in [-0.4, -0.2) is 55.0 Å². The Balaban J connectivity index is 1.61. The average molecular weight is 396 g/mol. The van der Waals surface area contributed by atoms with Crippen molar-refractivity contribution in [3.05, 3.63) is 29.8 Å². The van der Waals surface area contributed by atoms with Crippen LogP contribution in [0.2, 0.25) is 0 Å². The van der Waals surface area contributed by atoms with Crippen LogP contribution >= 0.6 is 0 Å². The highest BCUT2D eigenvalue weighted by Crippen LogP contribution is 2.22. The molecule has 3 rings (SSSR count). The van der Waals surface area contributed by atoms with E-state index in [2.05, 4.69) is 5.32 Å². The Morgan fingerprint density at radius 2 is 1.85 bits per heavy atom. The van der Waals surface area contributed by atoms with Crippen molar-refractivity contribution in [3.8, 4) is 0 Å². The van der Waals surface area contributed by atoms with Gasteiger partial charge in [-0.2, -0.15) is 4.31 Å². The maximum absolute atomic E-state index is 12.7. The fourth-order valence-electron chi connectivity index (χ4n) is 3.38. The first-order valence-corrected chi connectivity index (χ1v) is 10.6. The van der Waals surface area contributed by atoms with Crippen LogP contribution in [0.5, 0.6) is 0 Å². The van der Waals surface area contributed by atoms with Crippen LogP contribution in [0.25, 0.3) is 0 Å². The normalized spacial score (nSPS) is 23.9. The van der Waals surface area contributed by atoms with Gasteiger partial charge in [0, 0.05) is 19.6 Å². The van der Waals surface area contributed by atoms with E-state index in [1.807, 2.05) is 0 Å². The number of hydrogen-bond acceptors (Lipinski definition) is 5. The molecule has 1 aromatic carbocycles. The second kappa shape index (κ2) is 8.37. The number of carboxylic acids is 1. The van der Waals surface area contributed by atoms with E-state index in [4.69, 9.17) is 9.84 Å². The van der Waals surface area contributed by atoms with Crippen LogP contribution in [0.15, 0.2) is 29.2 Å². The summed E-state index contributed by atoms with van der Waals surface area (Å²) >= 11 is 0. The summed E-state index contributed by atoms with van der Waals surface area (Å²) < 4.78 is 32.2. The fraction of sp³-hybridized carbons (Fsp3) is 0.556. The van der Waals surface area contributed by atoms with Gasteiger partial charge in [-0.05, 0) is 43.4 Å². The molecule has 2 aliphatic rings. The summed E-state index contributed by atoms with van der Waals surface area (Å²) in [6, 6.07) is 6.53. The quantitative estimate of drug-likeness (QED) is 0.745. The van der Waals surface area contributed by atoms with Crippen molar-refractivity contribution in [1.82, 2.24) is 9.62 Å². The molecule has 0 radical (unpaired) electrons. The SMILES string of the molecule is O=C(NCc1cccc(S(=O)(=O)N2CCCCC2)c1)[C@@H]1CC[C@H](C(=O)O)O1. The van der Waals surface area contributed by atoms with Crippen LogP contribution in [-0.2, 0) is 30.9 Å². The van der Waals surface area contributed by atoms with Crippen molar-refractivity contribution >= 4 is 21.9 Å². The van der Waals surface area contributed by atoms with Gasteiger partial charge in [0.1, 0.15) is 6.10 Å². The Morgan fingerprint density at radius 1 is 1.15 bits per heavy atom. The number of ether oxygens (including phenoxy) is 1. The topological polar surface area (TPSA) is 113 Å². The molecule has 0 saturated carbocycles. The molecule has 9 heteroatoms. The van der Waals surface area contributed by atoms with Gasteiger partial charge in [0.15, 0.2) is 6.10 Å². The second-order valence-electron chi connectivity index (χ2n) is 6.86. The fourth-order valence-corrected chi connectivity index (χ4v) is 4.97. The van der Waals surface area contributed by atoms with Crippen molar-refractivity contribution < 1.29 is 27.9 Å². The number of piperidine rings is 1. The minimum atomic E-state index is -3.52. The summed E-state index contributed by atoms with van der Waals surface area (Å²) in [5.74, 6) is -1.45. The molecule has 0 aliphatic carbocycles. The van der Waals surface area contributed by atoms with Gasteiger partial charge in [0.25, 0.3) is 0 Å². The van der Waals surface area contributed by atoms with E-state index in [1.54, 1.807) is 24.3 Å². The molecule has 2 atom stereocenters.